The number of aromatic hydroxyl groups is 2. The molecule has 0 bridgehead atoms. The van der Waals surface area contributed by atoms with Crippen molar-refractivity contribution in [2.75, 3.05) is 13.2 Å². The van der Waals surface area contributed by atoms with Crippen molar-refractivity contribution in [2.24, 2.45) is 40.9 Å². The van der Waals surface area contributed by atoms with Crippen LogP contribution in [0.1, 0.15) is 65.6 Å². The summed E-state index contributed by atoms with van der Waals surface area (Å²) in [5.41, 5.74) is 4.29. The highest BCUT2D eigenvalue weighted by molar-refractivity contribution is 5.63. The molecule has 0 aliphatic carbocycles. The van der Waals surface area contributed by atoms with Crippen molar-refractivity contribution < 1.29 is 39.4 Å². The number of nitro benzene ring substituents is 4. The third-order valence-corrected chi connectivity index (χ3v) is 12.2. The number of rotatable bonds is 24. The highest BCUT2D eigenvalue weighted by atomic mass is 16.6. The van der Waals surface area contributed by atoms with Crippen molar-refractivity contribution in [1.82, 2.24) is 0 Å². The van der Waals surface area contributed by atoms with E-state index in [1.807, 2.05) is 13.8 Å². The maximum Gasteiger partial charge on any atom is 0.271 e. The van der Waals surface area contributed by atoms with Gasteiger partial charge in [0.2, 0.25) is 0 Å². The fourth-order valence-corrected chi connectivity index (χ4v) is 8.41. The lowest BCUT2D eigenvalue weighted by Crippen LogP contribution is -2.05. The summed E-state index contributed by atoms with van der Waals surface area (Å²) in [5.74, 6) is 0.594. The second-order valence-electron chi connectivity index (χ2n) is 18.4. The van der Waals surface area contributed by atoms with E-state index in [-0.39, 0.29) is 94.2 Å². The molecule has 0 aliphatic rings. The smallest absolute Gasteiger partial charge is 0.271 e. The number of hydrogen-bond donors (Lipinski definition) is 2. The molecule has 0 fully saturated rings. The first-order chi connectivity index (χ1) is 39.5. The zero-order valence-corrected chi connectivity index (χ0v) is 44.2. The van der Waals surface area contributed by atoms with Gasteiger partial charge in [-0.15, -0.1) is 0 Å². The molecule has 24 heteroatoms. The number of phenols is 2. The van der Waals surface area contributed by atoms with Gasteiger partial charge in [0.05, 0.1) is 78.4 Å². The van der Waals surface area contributed by atoms with Crippen LogP contribution in [-0.2, 0) is 19.3 Å². The molecule has 8 aromatic rings. The summed E-state index contributed by atoms with van der Waals surface area (Å²) in [4.78, 5) is 44.1. The average molecular weight is 1110 g/mol. The second kappa shape index (κ2) is 26.5. The van der Waals surface area contributed by atoms with Crippen LogP contribution in [0.5, 0.6) is 23.0 Å². The van der Waals surface area contributed by atoms with Crippen LogP contribution in [0.25, 0.3) is 0 Å². The van der Waals surface area contributed by atoms with Gasteiger partial charge >= 0.3 is 0 Å². The first-order valence-electron chi connectivity index (χ1n) is 25.4. The molecule has 0 spiro atoms. The number of aryl methyl sites for hydroxylation is 1. The standard InChI is InChI=1S/C58H50N12O12/c1-4-20-81-55-19-18-47(63-59-43-10-6-14-51(32-43)67(73)74)26-37(55)23-39-28-49(65-61-45-12-8-16-53(34-45)69(77)78)29-40(57(39)72)25-42-31-50(66-62-46-13-9-17-54(35-46)70(79)80)30-41(58(42)82-21-5-2)24-38-27-48(22-36(3)56(38)71)64-60-44-11-7-15-52(33-44)68(75)76/h6-19,22,26-35,71-72H,4-5,20-21,23-25H2,1-3H3. The van der Waals surface area contributed by atoms with Gasteiger partial charge in [0.1, 0.15) is 23.0 Å². The molecule has 24 nitrogen and oxygen atoms in total. The number of non-ortho nitro benzene ring substituents is 4. The third-order valence-electron chi connectivity index (χ3n) is 12.2. The summed E-state index contributed by atoms with van der Waals surface area (Å²) in [5, 5.41) is 105. The van der Waals surface area contributed by atoms with Gasteiger partial charge in [-0.2, -0.15) is 40.9 Å². The maximum atomic E-state index is 12.5. The Labute approximate surface area is 467 Å². The molecule has 0 saturated heterocycles. The number of nitro groups is 4. The first kappa shape index (κ1) is 57.1. The van der Waals surface area contributed by atoms with E-state index < -0.39 is 19.7 Å². The lowest BCUT2D eigenvalue weighted by molar-refractivity contribution is -0.385. The Morgan fingerprint density at radius 1 is 0.378 bits per heavy atom. The van der Waals surface area contributed by atoms with Crippen molar-refractivity contribution in [3.05, 3.63) is 231 Å². The number of nitrogens with zero attached hydrogens (tertiary/aromatic N) is 12. The fourth-order valence-electron chi connectivity index (χ4n) is 8.41. The Bertz CT molecular complexity index is 3870. The predicted octanol–water partition coefficient (Wildman–Crippen LogP) is 17.1. The van der Waals surface area contributed by atoms with Crippen molar-refractivity contribution in [3.8, 4) is 23.0 Å². The molecule has 0 atom stereocenters. The van der Waals surface area contributed by atoms with Gasteiger partial charge in [-0.05, 0) is 104 Å². The zero-order valence-electron chi connectivity index (χ0n) is 44.2. The number of hydrogen-bond acceptors (Lipinski definition) is 20. The van der Waals surface area contributed by atoms with E-state index in [2.05, 4.69) is 40.9 Å². The normalized spacial score (nSPS) is 11.5. The van der Waals surface area contributed by atoms with E-state index in [0.29, 0.717) is 81.3 Å². The Balaban J connectivity index is 1.27. The van der Waals surface area contributed by atoms with Gasteiger partial charge in [0, 0.05) is 101 Å². The molecular weight excluding hydrogens is 1060 g/mol. The van der Waals surface area contributed by atoms with E-state index in [9.17, 15) is 50.7 Å². The van der Waals surface area contributed by atoms with Crippen LogP contribution >= 0.6 is 0 Å². The molecule has 0 heterocycles. The van der Waals surface area contributed by atoms with Crippen LogP contribution in [0.3, 0.4) is 0 Å². The third kappa shape index (κ3) is 14.9. The lowest BCUT2D eigenvalue weighted by atomic mass is 9.93. The minimum Gasteiger partial charge on any atom is -0.507 e. The lowest BCUT2D eigenvalue weighted by Gasteiger charge is -2.19. The largest absolute Gasteiger partial charge is 0.507 e. The summed E-state index contributed by atoms with van der Waals surface area (Å²) in [7, 11) is 0. The van der Waals surface area contributed by atoms with Crippen molar-refractivity contribution >= 4 is 68.2 Å². The second-order valence-corrected chi connectivity index (χ2v) is 18.4. The number of ether oxygens (including phenoxy) is 2. The molecule has 414 valence electrons. The van der Waals surface area contributed by atoms with Crippen LogP contribution in [0.4, 0.5) is 68.2 Å². The van der Waals surface area contributed by atoms with Gasteiger partial charge in [0.25, 0.3) is 22.7 Å². The summed E-state index contributed by atoms with van der Waals surface area (Å²) in [6.45, 7) is 6.11. The number of benzene rings is 8. The Morgan fingerprint density at radius 2 is 0.695 bits per heavy atom. The van der Waals surface area contributed by atoms with Crippen LogP contribution < -0.4 is 9.47 Å². The fraction of sp³-hybridized carbons (Fsp3) is 0.172. The van der Waals surface area contributed by atoms with Gasteiger partial charge in [-0.25, -0.2) is 0 Å². The molecular formula is C58H50N12O12. The van der Waals surface area contributed by atoms with E-state index in [0.717, 1.165) is 0 Å². The minimum atomic E-state index is -0.553. The molecule has 0 aromatic heterocycles. The first-order valence-corrected chi connectivity index (χ1v) is 25.4. The minimum absolute atomic E-state index is 0.00311. The van der Waals surface area contributed by atoms with E-state index in [1.165, 1.54) is 72.8 Å². The summed E-state index contributed by atoms with van der Waals surface area (Å²) in [6, 6.07) is 37.5. The monoisotopic (exact) mass is 1110 g/mol. The highest BCUT2D eigenvalue weighted by Gasteiger charge is 2.22. The number of phenolic OH excluding ortho intramolecular Hbond substituents is 2. The van der Waals surface area contributed by atoms with Gasteiger partial charge < -0.3 is 19.7 Å². The van der Waals surface area contributed by atoms with Crippen LogP contribution in [0.15, 0.2) is 193 Å². The molecule has 0 aliphatic heterocycles. The Morgan fingerprint density at radius 3 is 1.09 bits per heavy atom. The summed E-state index contributed by atoms with van der Waals surface area (Å²) in [6.07, 6.45) is 1.20. The summed E-state index contributed by atoms with van der Waals surface area (Å²) >= 11 is 0. The van der Waals surface area contributed by atoms with Crippen LogP contribution in [-0.4, -0.2) is 43.1 Å². The summed E-state index contributed by atoms with van der Waals surface area (Å²) < 4.78 is 12.7. The molecule has 8 aromatic carbocycles. The van der Waals surface area contributed by atoms with Crippen molar-refractivity contribution in [3.63, 3.8) is 0 Å². The Hall–Kier alpha value is -11.0. The molecule has 8 rings (SSSR count). The van der Waals surface area contributed by atoms with Crippen LogP contribution in [0, 0.1) is 47.4 Å². The molecule has 0 saturated carbocycles. The van der Waals surface area contributed by atoms with Crippen LogP contribution in [0.2, 0.25) is 0 Å². The molecule has 82 heavy (non-hydrogen) atoms. The van der Waals surface area contributed by atoms with Crippen molar-refractivity contribution in [2.45, 2.75) is 52.9 Å². The number of azo groups is 4. The van der Waals surface area contributed by atoms with Crippen molar-refractivity contribution in [1.29, 1.82) is 0 Å². The quantitative estimate of drug-likeness (QED) is 0.0324. The Kier molecular flexibility index (Phi) is 18.5. The average Bonchev–Trinajstić information content (AvgIpc) is 3.54. The van der Waals surface area contributed by atoms with E-state index >= 15 is 0 Å². The molecule has 2 N–H and O–H groups in total. The zero-order chi connectivity index (χ0) is 58.3. The van der Waals surface area contributed by atoms with Gasteiger partial charge in [0.15, 0.2) is 0 Å². The molecule has 0 unspecified atom stereocenters. The van der Waals surface area contributed by atoms with E-state index in [4.69, 9.17) is 9.47 Å². The van der Waals surface area contributed by atoms with Gasteiger partial charge in [-0.3, -0.25) is 40.5 Å². The SMILES string of the molecule is CCCOc1ccc(N=Nc2cccc([N+](=O)[O-])c2)cc1Cc1cc(N=Nc2cccc([N+](=O)[O-])c2)cc(Cc2cc(N=Nc3cccc([N+](=O)[O-])c3)cc(Cc3cc(N=Nc4cccc([N+](=O)[O-])c4)cc(C)c3O)c2OCCC)c1O. The molecule has 0 radical (unpaired) electrons. The maximum absolute atomic E-state index is 12.5. The van der Waals surface area contributed by atoms with Gasteiger partial charge in [-0.1, -0.05) is 38.1 Å². The topological polar surface area (TPSA) is 330 Å². The van der Waals surface area contributed by atoms with E-state index in [1.54, 1.807) is 85.8 Å². The molecule has 0 amide bonds. The highest BCUT2D eigenvalue weighted by Crippen LogP contribution is 2.42. The predicted molar refractivity (Wildman–Crippen MR) is 303 cm³/mol.